The monoisotopic (exact) mass is 324 g/mol. The summed E-state index contributed by atoms with van der Waals surface area (Å²) in [4.78, 5) is 14.6. The maximum absolute atomic E-state index is 12.4. The molecule has 0 saturated carbocycles. The second-order valence-electron chi connectivity index (χ2n) is 6.52. The molecule has 2 aromatic carbocycles. The van der Waals surface area contributed by atoms with Crippen LogP contribution in [0.4, 0.5) is 11.4 Å². The quantitative estimate of drug-likeness (QED) is 0.908. The van der Waals surface area contributed by atoms with Crippen LogP contribution in [0.25, 0.3) is 0 Å². The third-order valence-corrected chi connectivity index (χ3v) is 4.72. The Morgan fingerprint density at radius 3 is 2.33 bits per heavy atom. The van der Waals surface area contributed by atoms with Crippen molar-refractivity contribution >= 4 is 17.3 Å². The van der Waals surface area contributed by atoms with Crippen molar-refractivity contribution in [3.8, 4) is 0 Å². The molecule has 24 heavy (non-hydrogen) atoms. The number of nitrogens with one attached hydrogen (secondary N) is 1. The molecule has 4 nitrogen and oxygen atoms in total. The molecule has 0 atom stereocenters. The number of amides is 1. The summed E-state index contributed by atoms with van der Waals surface area (Å²) in [7, 11) is 0. The number of carbonyl (C=O) groups is 1. The molecular formula is C20H24N2O2. The van der Waals surface area contributed by atoms with E-state index in [2.05, 4.69) is 17.1 Å². The number of benzene rings is 2. The molecule has 1 aliphatic rings. The number of anilines is 2. The van der Waals surface area contributed by atoms with Gasteiger partial charge in [0.05, 0.1) is 6.10 Å². The second-order valence-corrected chi connectivity index (χ2v) is 6.52. The zero-order valence-electron chi connectivity index (χ0n) is 14.2. The summed E-state index contributed by atoms with van der Waals surface area (Å²) in [5.41, 5.74) is 4.94. The Kier molecular flexibility index (Phi) is 4.86. The molecule has 4 heteroatoms. The molecule has 0 radical (unpaired) electrons. The summed E-state index contributed by atoms with van der Waals surface area (Å²) in [6, 6.07) is 13.6. The smallest absolute Gasteiger partial charge is 0.255 e. The van der Waals surface area contributed by atoms with Gasteiger partial charge in [-0.3, -0.25) is 4.79 Å². The summed E-state index contributed by atoms with van der Waals surface area (Å²) in [6.45, 7) is 5.80. The van der Waals surface area contributed by atoms with Gasteiger partial charge < -0.3 is 15.3 Å². The van der Waals surface area contributed by atoms with E-state index in [9.17, 15) is 9.90 Å². The molecule has 3 rings (SSSR count). The largest absolute Gasteiger partial charge is 0.393 e. The van der Waals surface area contributed by atoms with Crippen molar-refractivity contribution in [2.24, 2.45) is 0 Å². The normalized spacial score (nSPS) is 15.4. The van der Waals surface area contributed by atoms with Crippen molar-refractivity contribution in [3.05, 3.63) is 59.2 Å². The van der Waals surface area contributed by atoms with E-state index in [0.717, 1.165) is 42.9 Å². The fraction of sp³-hybridized carbons (Fsp3) is 0.350. The van der Waals surface area contributed by atoms with Crippen LogP contribution in [-0.2, 0) is 0 Å². The van der Waals surface area contributed by atoms with Crippen molar-refractivity contribution in [2.45, 2.75) is 32.8 Å². The lowest BCUT2D eigenvalue weighted by Crippen LogP contribution is -2.35. The number of rotatable bonds is 3. The van der Waals surface area contributed by atoms with Gasteiger partial charge in [-0.05, 0) is 74.2 Å². The Morgan fingerprint density at radius 2 is 1.71 bits per heavy atom. The Balaban J connectivity index is 1.66. The number of carbonyl (C=O) groups excluding carboxylic acids is 1. The Morgan fingerprint density at radius 1 is 1.04 bits per heavy atom. The highest BCUT2D eigenvalue weighted by molar-refractivity contribution is 6.04. The Labute approximate surface area is 143 Å². The van der Waals surface area contributed by atoms with Gasteiger partial charge in [-0.15, -0.1) is 0 Å². The predicted molar refractivity (Wildman–Crippen MR) is 97.8 cm³/mol. The maximum atomic E-state index is 12.4. The van der Waals surface area contributed by atoms with Crippen LogP contribution in [0, 0.1) is 13.8 Å². The van der Waals surface area contributed by atoms with E-state index in [-0.39, 0.29) is 12.0 Å². The van der Waals surface area contributed by atoms with Gasteiger partial charge in [0.1, 0.15) is 0 Å². The van der Waals surface area contributed by atoms with Crippen LogP contribution in [0.5, 0.6) is 0 Å². The maximum Gasteiger partial charge on any atom is 0.255 e. The van der Waals surface area contributed by atoms with Gasteiger partial charge in [0.25, 0.3) is 5.91 Å². The molecule has 2 N–H and O–H groups in total. The van der Waals surface area contributed by atoms with Gasteiger partial charge in [0.2, 0.25) is 0 Å². The number of aliphatic hydroxyl groups excluding tert-OH is 1. The third-order valence-electron chi connectivity index (χ3n) is 4.72. The van der Waals surface area contributed by atoms with Crippen LogP contribution >= 0.6 is 0 Å². The minimum absolute atomic E-state index is 0.0983. The summed E-state index contributed by atoms with van der Waals surface area (Å²) >= 11 is 0. The standard InChI is InChI=1S/C20H24N2O2/c1-14-3-6-17(13-15(14)2)21-20(24)16-4-7-18(8-5-16)22-11-9-19(23)10-12-22/h3-8,13,19,23H,9-12H2,1-2H3,(H,21,24). The molecular weight excluding hydrogens is 300 g/mol. The number of aryl methyl sites for hydroxylation is 2. The topological polar surface area (TPSA) is 52.6 Å². The fourth-order valence-electron chi connectivity index (χ4n) is 2.97. The lowest BCUT2D eigenvalue weighted by molar-refractivity contribution is 0.102. The van der Waals surface area contributed by atoms with E-state index in [1.165, 1.54) is 5.56 Å². The van der Waals surface area contributed by atoms with Gasteiger partial charge in [-0.25, -0.2) is 0 Å². The lowest BCUT2D eigenvalue weighted by Gasteiger charge is -2.31. The first kappa shape index (κ1) is 16.5. The van der Waals surface area contributed by atoms with Gasteiger partial charge in [0.15, 0.2) is 0 Å². The van der Waals surface area contributed by atoms with Gasteiger partial charge in [-0.2, -0.15) is 0 Å². The molecule has 1 saturated heterocycles. The summed E-state index contributed by atoms with van der Waals surface area (Å²) in [6.07, 6.45) is 1.42. The molecule has 0 aromatic heterocycles. The lowest BCUT2D eigenvalue weighted by atomic mass is 10.1. The van der Waals surface area contributed by atoms with Crippen molar-refractivity contribution in [1.82, 2.24) is 0 Å². The minimum Gasteiger partial charge on any atom is -0.393 e. The SMILES string of the molecule is Cc1ccc(NC(=O)c2ccc(N3CCC(O)CC3)cc2)cc1C. The molecule has 0 spiro atoms. The summed E-state index contributed by atoms with van der Waals surface area (Å²) in [5, 5.41) is 12.5. The van der Waals surface area contributed by atoms with E-state index < -0.39 is 0 Å². The highest BCUT2D eigenvalue weighted by Gasteiger charge is 2.17. The van der Waals surface area contributed by atoms with E-state index in [0.29, 0.717) is 5.56 Å². The zero-order chi connectivity index (χ0) is 17.1. The number of piperidine rings is 1. The first-order valence-corrected chi connectivity index (χ1v) is 8.44. The molecule has 2 aromatic rings. The zero-order valence-corrected chi connectivity index (χ0v) is 14.2. The Bertz CT molecular complexity index is 717. The molecule has 0 unspecified atom stereocenters. The van der Waals surface area contributed by atoms with Gasteiger partial charge in [0, 0.05) is 30.0 Å². The molecule has 1 amide bonds. The molecule has 0 bridgehead atoms. The summed E-state index contributed by atoms with van der Waals surface area (Å²) < 4.78 is 0. The highest BCUT2D eigenvalue weighted by atomic mass is 16.3. The average Bonchev–Trinajstić information content (AvgIpc) is 2.59. The van der Waals surface area contributed by atoms with E-state index >= 15 is 0 Å². The van der Waals surface area contributed by atoms with E-state index in [1.54, 1.807) is 0 Å². The van der Waals surface area contributed by atoms with Crippen LogP contribution in [0.3, 0.4) is 0 Å². The van der Waals surface area contributed by atoms with Crippen LogP contribution < -0.4 is 10.2 Å². The number of nitrogens with zero attached hydrogens (tertiary/aromatic N) is 1. The molecule has 1 fully saturated rings. The molecule has 0 aliphatic carbocycles. The number of hydrogen-bond acceptors (Lipinski definition) is 3. The van der Waals surface area contributed by atoms with Gasteiger partial charge >= 0.3 is 0 Å². The average molecular weight is 324 g/mol. The van der Waals surface area contributed by atoms with E-state index in [1.807, 2.05) is 49.4 Å². The van der Waals surface area contributed by atoms with Gasteiger partial charge in [-0.1, -0.05) is 6.07 Å². The predicted octanol–water partition coefficient (Wildman–Crippen LogP) is 3.52. The number of hydrogen-bond donors (Lipinski definition) is 2. The highest BCUT2D eigenvalue weighted by Crippen LogP contribution is 2.21. The summed E-state index contributed by atoms with van der Waals surface area (Å²) in [5.74, 6) is -0.0983. The van der Waals surface area contributed by atoms with Crippen molar-refractivity contribution < 1.29 is 9.90 Å². The van der Waals surface area contributed by atoms with Crippen molar-refractivity contribution in [2.75, 3.05) is 23.3 Å². The molecule has 126 valence electrons. The first-order valence-electron chi connectivity index (χ1n) is 8.44. The minimum atomic E-state index is -0.177. The third kappa shape index (κ3) is 3.77. The van der Waals surface area contributed by atoms with Crippen molar-refractivity contribution in [1.29, 1.82) is 0 Å². The number of aliphatic hydroxyl groups is 1. The van der Waals surface area contributed by atoms with Crippen LogP contribution in [0.2, 0.25) is 0 Å². The van der Waals surface area contributed by atoms with Crippen LogP contribution in [0.15, 0.2) is 42.5 Å². The van der Waals surface area contributed by atoms with Crippen LogP contribution in [0.1, 0.15) is 34.3 Å². The first-order chi connectivity index (χ1) is 11.5. The fourth-order valence-corrected chi connectivity index (χ4v) is 2.97. The Hall–Kier alpha value is -2.33. The molecule has 1 aliphatic heterocycles. The van der Waals surface area contributed by atoms with Crippen molar-refractivity contribution in [3.63, 3.8) is 0 Å². The molecule has 1 heterocycles. The van der Waals surface area contributed by atoms with E-state index in [4.69, 9.17) is 0 Å². The van der Waals surface area contributed by atoms with Crippen LogP contribution in [-0.4, -0.2) is 30.2 Å². The second kappa shape index (κ2) is 7.05.